The minimum atomic E-state index is -0.900. The van der Waals surface area contributed by atoms with Crippen molar-refractivity contribution < 1.29 is 14.1 Å². The Bertz CT molecular complexity index is 677. The van der Waals surface area contributed by atoms with Crippen LogP contribution in [0.2, 0.25) is 0 Å². The molecule has 2 rings (SSSR count). The molecule has 0 bridgehead atoms. The van der Waals surface area contributed by atoms with Gasteiger partial charge in [0.1, 0.15) is 0 Å². The maximum atomic E-state index is 13.6. The lowest BCUT2D eigenvalue weighted by atomic mass is 10.2. The largest absolute Gasteiger partial charge is 0.318 e. The molecule has 0 fully saturated rings. The van der Waals surface area contributed by atoms with Gasteiger partial charge in [0.05, 0.1) is 4.92 Å². The van der Waals surface area contributed by atoms with Crippen molar-refractivity contribution in [2.75, 3.05) is 0 Å². The second-order valence-corrected chi connectivity index (χ2v) is 4.17. The van der Waals surface area contributed by atoms with E-state index in [1.165, 1.54) is 6.07 Å². The molecule has 98 valence electrons. The molecule has 5 nitrogen and oxygen atoms in total. The van der Waals surface area contributed by atoms with Crippen LogP contribution in [0.5, 0.6) is 0 Å². The minimum absolute atomic E-state index is 0.450. The Morgan fingerprint density at radius 1 is 1.32 bits per heavy atom. The van der Waals surface area contributed by atoms with Gasteiger partial charge in [-0.2, -0.15) is 4.39 Å². The van der Waals surface area contributed by atoms with Crippen molar-refractivity contribution in [2.45, 2.75) is 13.8 Å². The highest BCUT2D eigenvalue weighted by Gasteiger charge is 2.16. The van der Waals surface area contributed by atoms with Crippen LogP contribution in [0.15, 0.2) is 24.3 Å². The number of hydrogen-bond donors (Lipinski definition) is 0. The molecular weight excluding hydrogens is 251 g/mol. The third-order valence-corrected chi connectivity index (χ3v) is 2.98. The van der Waals surface area contributed by atoms with Crippen LogP contribution in [-0.2, 0) is 0 Å². The Balaban J connectivity index is 2.60. The highest BCUT2D eigenvalue weighted by molar-refractivity contribution is 5.77. The maximum Gasteiger partial charge on any atom is 0.304 e. The van der Waals surface area contributed by atoms with Crippen molar-refractivity contribution >= 4 is 12.0 Å². The number of nitro benzene ring substituents is 1. The van der Waals surface area contributed by atoms with Gasteiger partial charge in [-0.15, -0.1) is 0 Å². The first-order valence-electron chi connectivity index (χ1n) is 5.54. The number of aryl methyl sites for hydroxylation is 1. The first kappa shape index (κ1) is 12.9. The van der Waals surface area contributed by atoms with E-state index in [1.807, 2.05) is 0 Å². The summed E-state index contributed by atoms with van der Waals surface area (Å²) in [5.41, 5.74) is 1.82. The van der Waals surface area contributed by atoms with E-state index in [0.29, 0.717) is 16.9 Å². The third-order valence-electron chi connectivity index (χ3n) is 2.98. The van der Waals surface area contributed by atoms with E-state index >= 15 is 0 Å². The second kappa shape index (κ2) is 4.64. The second-order valence-electron chi connectivity index (χ2n) is 4.17. The van der Waals surface area contributed by atoms with Crippen LogP contribution in [0, 0.1) is 29.8 Å². The highest BCUT2D eigenvalue weighted by atomic mass is 19.1. The predicted molar refractivity (Wildman–Crippen MR) is 67.2 cm³/mol. The fraction of sp³-hybridized carbons (Fsp3) is 0.154. The molecular formula is C13H11FN2O3. The van der Waals surface area contributed by atoms with Crippen molar-refractivity contribution in [2.24, 2.45) is 0 Å². The number of aromatic nitrogens is 1. The number of carbonyl (C=O) groups excluding carboxylic acids is 1. The summed E-state index contributed by atoms with van der Waals surface area (Å²) in [5.74, 6) is -0.900. The Morgan fingerprint density at radius 2 is 2.00 bits per heavy atom. The van der Waals surface area contributed by atoms with Crippen LogP contribution in [0.25, 0.3) is 5.69 Å². The van der Waals surface area contributed by atoms with Gasteiger partial charge in [-0.3, -0.25) is 14.9 Å². The lowest BCUT2D eigenvalue weighted by Gasteiger charge is -2.09. The van der Waals surface area contributed by atoms with Crippen LogP contribution in [0.1, 0.15) is 21.7 Å². The van der Waals surface area contributed by atoms with Crippen LogP contribution < -0.4 is 0 Å². The summed E-state index contributed by atoms with van der Waals surface area (Å²) in [6.07, 6.45) is 0.723. The summed E-state index contributed by atoms with van der Waals surface area (Å²) >= 11 is 0. The average Bonchev–Trinajstić information content (AvgIpc) is 2.63. The summed E-state index contributed by atoms with van der Waals surface area (Å²) in [5, 5.41) is 10.6. The quantitative estimate of drug-likeness (QED) is 0.485. The molecule has 0 amide bonds. The Morgan fingerprint density at radius 3 is 2.47 bits per heavy atom. The van der Waals surface area contributed by atoms with Gasteiger partial charge in [0.25, 0.3) is 0 Å². The van der Waals surface area contributed by atoms with E-state index < -0.39 is 16.4 Å². The molecule has 0 radical (unpaired) electrons. The summed E-state index contributed by atoms with van der Waals surface area (Å²) in [6, 6.07) is 5.34. The number of nitro groups is 1. The van der Waals surface area contributed by atoms with Crippen LogP contribution in [0.4, 0.5) is 10.1 Å². The maximum absolute atomic E-state index is 13.6. The first-order valence-corrected chi connectivity index (χ1v) is 5.54. The lowest BCUT2D eigenvalue weighted by molar-refractivity contribution is -0.387. The van der Waals surface area contributed by atoms with Gasteiger partial charge < -0.3 is 4.57 Å². The number of nitrogens with zero attached hydrogens (tertiary/aromatic N) is 2. The zero-order chi connectivity index (χ0) is 14.2. The predicted octanol–water partition coefficient (Wildman–Crippen LogP) is 2.95. The standard InChI is InChI=1S/C13H11FN2O3/c1-8-5-10(7-17)9(2)15(8)11-3-4-13(16(18)19)12(14)6-11/h3-7H,1-2H3. The number of carbonyl (C=O) groups is 1. The number of hydrogen-bond acceptors (Lipinski definition) is 3. The number of benzene rings is 1. The first-order chi connectivity index (χ1) is 8.95. The van der Waals surface area contributed by atoms with Crippen molar-refractivity contribution in [3.05, 3.63) is 57.1 Å². The smallest absolute Gasteiger partial charge is 0.304 e. The van der Waals surface area contributed by atoms with Crippen molar-refractivity contribution in [3.8, 4) is 5.69 Å². The number of aldehydes is 1. The minimum Gasteiger partial charge on any atom is -0.318 e. The average molecular weight is 262 g/mol. The summed E-state index contributed by atoms with van der Waals surface area (Å²) in [4.78, 5) is 20.7. The Hall–Kier alpha value is -2.50. The van der Waals surface area contributed by atoms with Crippen molar-refractivity contribution in [3.63, 3.8) is 0 Å². The summed E-state index contributed by atoms with van der Waals surface area (Å²) < 4.78 is 15.3. The van der Waals surface area contributed by atoms with Crippen molar-refractivity contribution in [1.82, 2.24) is 4.57 Å². The fourth-order valence-corrected chi connectivity index (χ4v) is 2.09. The van der Waals surface area contributed by atoms with E-state index in [0.717, 1.165) is 24.1 Å². The van der Waals surface area contributed by atoms with Crippen LogP contribution >= 0.6 is 0 Å². The molecule has 0 unspecified atom stereocenters. The highest BCUT2D eigenvalue weighted by Crippen LogP contribution is 2.24. The summed E-state index contributed by atoms with van der Waals surface area (Å²) in [6.45, 7) is 3.51. The topological polar surface area (TPSA) is 65.1 Å². The molecule has 1 aromatic heterocycles. The molecule has 0 N–H and O–H groups in total. The van der Waals surface area contributed by atoms with E-state index in [1.54, 1.807) is 24.5 Å². The molecule has 19 heavy (non-hydrogen) atoms. The van der Waals surface area contributed by atoms with E-state index in [2.05, 4.69) is 0 Å². The molecule has 0 atom stereocenters. The van der Waals surface area contributed by atoms with Crippen LogP contribution in [0.3, 0.4) is 0 Å². The van der Waals surface area contributed by atoms with Gasteiger partial charge in [0.15, 0.2) is 6.29 Å². The Labute approximate surface area is 108 Å². The van der Waals surface area contributed by atoms with Gasteiger partial charge >= 0.3 is 5.69 Å². The Kier molecular flexibility index (Phi) is 3.16. The SMILES string of the molecule is Cc1cc(C=O)c(C)n1-c1ccc([N+](=O)[O-])c(F)c1. The molecule has 0 aliphatic carbocycles. The number of halogens is 1. The van der Waals surface area contributed by atoms with E-state index in [4.69, 9.17) is 0 Å². The molecule has 2 aromatic rings. The zero-order valence-corrected chi connectivity index (χ0v) is 10.4. The fourth-order valence-electron chi connectivity index (χ4n) is 2.09. The van der Waals surface area contributed by atoms with Gasteiger partial charge in [-0.25, -0.2) is 0 Å². The third kappa shape index (κ3) is 2.12. The molecule has 0 saturated carbocycles. The van der Waals surface area contributed by atoms with E-state index in [9.17, 15) is 19.3 Å². The molecule has 0 aliphatic heterocycles. The number of rotatable bonds is 3. The van der Waals surface area contributed by atoms with E-state index in [-0.39, 0.29) is 0 Å². The van der Waals surface area contributed by atoms with Crippen LogP contribution in [-0.4, -0.2) is 15.8 Å². The molecule has 6 heteroatoms. The van der Waals surface area contributed by atoms with Gasteiger partial charge in [0.2, 0.25) is 5.82 Å². The molecule has 0 aliphatic rings. The molecule has 0 saturated heterocycles. The monoisotopic (exact) mass is 262 g/mol. The lowest BCUT2D eigenvalue weighted by Crippen LogP contribution is -2.01. The van der Waals surface area contributed by atoms with Gasteiger partial charge in [-0.05, 0) is 26.0 Å². The molecule has 0 spiro atoms. The summed E-state index contributed by atoms with van der Waals surface area (Å²) in [7, 11) is 0. The van der Waals surface area contributed by atoms with Gasteiger partial charge in [0, 0.05) is 34.8 Å². The molecule has 1 heterocycles. The normalized spacial score (nSPS) is 10.5. The van der Waals surface area contributed by atoms with Crippen molar-refractivity contribution in [1.29, 1.82) is 0 Å². The van der Waals surface area contributed by atoms with Gasteiger partial charge in [-0.1, -0.05) is 0 Å². The zero-order valence-electron chi connectivity index (χ0n) is 10.4. The molecule has 1 aromatic carbocycles.